The SMILES string of the molecule is NS(=O)(=O)c1ccccc1NC1CCCC1CO. The number of aliphatic hydroxyl groups is 1. The highest BCUT2D eigenvalue weighted by molar-refractivity contribution is 7.89. The Kier molecular flexibility index (Phi) is 3.89. The number of anilines is 1. The van der Waals surface area contributed by atoms with Gasteiger partial charge in [-0.3, -0.25) is 0 Å². The van der Waals surface area contributed by atoms with Gasteiger partial charge in [-0.15, -0.1) is 0 Å². The number of nitrogens with one attached hydrogen (secondary N) is 1. The average Bonchev–Trinajstić information content (AvgIpc) is 2.75. The second-order valence-electron chi connectivity index (χ2n) is 4.67. The number of hydrogen-bond donors (Lipinski definition) is 3. The predicted octanol–water partition coefficient (Wildman–Crippen LogP) is 0.907. The third-order valence-corrected chi connectivity index (χ3v) is 4.40. The van der Waals surface area contributed by atoms with Gasteiger partial charge in [0, 0.05) is 18.6 Å². The van der Waals surface area contributed by atoms with Gasteiger partial charge in [-0.05, 0) is 25.0 Å². The summed E-state index contributed by atoms with van der Waals surface area (Å²) in [6, 6.07) is 6.70. The van der Waals surface area contributed by atoms with Crippen LogP contribution in [-0.2, 0) is 10.0 Å². The van der Waals surface area contributed by atoms with Crippen LogP contribution in [0.1, 0.15) is 19.3 Å². The van der Waals surface area contributed by atoms with E-state index in [2.05, 4.69) is 5.32 Å². The first-order valence-corrected chi connectivity index (χ1v) is 7.56. The van der Waals surface area contributed by atoms with E-state index in [1.165, 1.54) is 6.07 Å². The summed E-state index contributed by atoms with van der Waals surface area (Å²) in [5.74, 6) is 0.179. The van der Waals surface area contributed by atoms with E-state index in [9.17, 15) is 13.5 Å². The molecule has 1 aromatic carbocycles. The van der Waals surface area contributed by atoms with Crippen LogP contribution in [-0.4, -0.2) is 26.2 Å². The zero-order chi connectivity index (χ0) is 13.2. The van der Waals surface area contributed by atoms with Crippen molar-refractivity contribution in [3.05, 3.63) is 24.3 Å². The number of nitrogens with two attached hydrogens (primary N) is 1. The van der Waals surface area contributed by atoms with Crippen molar-refractivity contribution in [2.45, 2.75) is 30.2 Å². The van der Waals surface area contributed by atoms with E-state index in [4.69, 9.17) is 5.14 Å². The van der Waals surface area contributed by atoms with Crippen LogP contribution in [0.5, 0.6) is 0 Å². The van der Waals surface area contributed by atoms with Gasteiger partial charge < -0.3 is 10.4 Å². The summed E-state index contributed by atoms with van der Waals surface area (Å²) in [5.41, 5.74) is 0.519. The third-order valence-electron chi connectivity index (χ3n) is 3.43. The van der Waals surface area contributed by atoms with Gasteiger partial charge in [0.2, 0.25) is 10.0 Å². The Hall–Kier alpha value is -1.11. The van der Waals surface area contributed by atoms with Crippen molar-refractivity contribution in [3.63, 3.8) is 0 Å². The molecule has 0 saturated heterocycles. The Morgan fingerprint density at radius 1 is 1.33 bits per heavy atom. The number of hydrogen-bond acceptors (Lipinski definition) is 4. The summed E-state index contributed by atoms with van der Waals surface area (Å²) in [7, 11) is -3.72. The van der Waals surface area contributed by atoms with Crippen LogP contribution < -0.4 is 10.5 Å². The largest absolute Gasteiger partial charge is 0.396 e. The van der Waals surface area contributed by atoms with E-state index in [1.807, 2.05) is 0 Å². The maximum atomic E-state index is 11.5. The van der Waals surface area contributed by atoms with Crippen LogP contribution in [0.15, 0.2) is 29.2 Å². The number of benzene rings is 1. The molecule has 0 radical (unpaired) electrons. The third kappa shape index (κ3) is 2.82. The van der Waals surface area contributed by atoms with Crippen LogP contribution >= 0.6 is 0 Å². The van der Waals surface area contributed by atoms with E-state index < -0.39 is 10.0 Å². The van der Waals surface area contributed by atoms with Gasteiger partial charge >= 0.3 is 0 Å². The molecule has 5 nitrogen and oxygen atoms in total. The van der Waals surface area contributed by atoms with Crippen molar-refractivity contribution in [2.75, 3.05) is 11.9 Å². The lowest BCUT2D eigenvalue weighted by Gasteiger charge is -2.21. The van der Waals surface area contributed by atoms with Gasteiger partial charge in [0.15, 0.2) is 0 Å². The number of aliphatic hydroxyl groups excluding tert-OH is 1. The van der Waals surface area contributed by atoms with Crippen molar-refractivity contribution in [2.24, 2.45) is 11.1 Å². The fourth-order valence-corrected chi connectivity index (χ4v) is 3.18. The molecule has 0 aromatic heterocycles. The van der Waals surface area contributed by atoms with E-state index in [0.29, 0.717) is 5.69 Å². The Bertz CT molecular complexity index is 516. The van der Waals surface area contributed by atoms with Gasteiger partial charge in [0.25, 0.3) is 0 Å². The molecule has 0 heterocycles. The monoisotopic (exact) mass is 270 g/mol. The molecular weight excluding hydrogens is 252 g/mol. The van der Waals surface area contributed by atoms with Crippen molar-refractivity contribution in [1.29, 1.82) is 0 Å². The lowest BCUT2D eigenvalue weighted by Crippen LogP contribution is -2.27. The first kappa shape index (κ1) is 13.3. The Labute approximate surface area is 107 Å². The predicted molar refractivity (Wildman–Crippen MR) is 69.7 cm³/mol. The van der Waals surface area contributed by atoms with Gasteiger partial charge in [-0.2, -0.15) is 0 Å². The molecule has 18 heavy (non-hydrogen) atoms. The highest BCUT2D eigenvalue weighted by atomic mass is 32.2. The Morgan fingerprint density at radius 3 is 2.72 bits per heavy atom. The number of rotatable bonds is 4. The van der Waals surface area contributed by atoms with Gasteiger partial charge in [0.1, 0.15) is 4.90 Å². The van der Waals surface area contributed by atoms with Crippen LogP contribution in [0.4, 0.5) is 5.69 Å². The smallest absolute Gasteiger partial charge is 0.240 e. The summed E-state index contributed by atoms with van der Waals surface area (Å²) in [6.45, 7) is 0.120. The fraction of sp³-hybridized carbons (Fsp3) is 0.500. The maximum Gasteiger partial charge on any atom is 0.240 e. The normalized spacial score (nSPS) is 24.1. The molecule has 0 spiro atoms. The molecule has 1 aliphatic carbocycles. The number of sulfonamides is 1. The van der Waals surface area contributed by atoms with E-state index in [-0.39, 0.29) is 23.5 Å². The van der Waals surface area contributed by atoms with Gasteiger partial charge in [-0.1, -0.05) is 18.6 Å². The van der Waals surface area contributed by atoms with Gasteiger partial charge in [-0.25, -0.2) is 13.6 Å². The Balaban J connectivity index is 2.24. The molecule has 1 aliphatic rings. The number of primary sulfonamides is 1. The summed E-state index contributed by atoms with van der Waals surface area (Å²) < 4.78 is 22.9. The minimum Gasteiger partial charge on any atom is -0.396 e. The standard InChI is InChI=1S/C12H18N2O3S/c13-18(16,17)12-7-2-1-5-11(12)14-10-6-3-4-9(10)8-15/h1-2,5,7,9-10,14-15H,3-4,6,8H2,(H2,13,16,17). The lowest BCUT2D eigenvalue weighted by molar-refractivity contribution is 0.222. The van der Waals surface area contributed by atoms with Crippen LogP contribution in [0.3, 0.4) is 0 Å². The van der Waals surface area contributed by atoms with Crippen LogP contribution in [0.2, 0.25) is 0 Å². The second-order valence-corrected chi connectivity index (χ2v) is 6.20. The molecule has 2 unspecified atom stereocenters. The Morgan fingerprint density at radius 2 is 2.06 bits per heavy atom. The molecule has 1 fully saturated rings. The molecule has 1 saturated carbocycles. The first-order chi connectivity index (χ1) is 8.52. The fourth-order valence-electron chi connectivity index (χ4n) is 2.48. The maximum absolute atomic E-state index is 11.5. The summed E-state index contributed by atoms with van der Waals surface area (Å²) in [4.78, 5) is 0.105. The molecule has 2 atom stereocenters. The molecule has 1 aromatic rings. The highest BCUT2D eigenvalue weighted by Gasteiger charge is 2.27. The molecule has 2 rings (SSSR count). The van der Waals surface area contributed by atoms with Crippen molar-refractivity contribution < 1.29 is 13.5 Å². The van der Waals surface area contributed by atoms with E-state index in [0.717, 1.165) is 19.3 Å². The van der Waals surface area contributed by atoms with E-state index >= 15 is 0 Å². The summed E-state index contributed by atoms with van der Waals surface area (Å²) in [5, 5.41) is 17.6. The second kappa shape index (κ2) is 5.26. The molecule has 6 heteroatoms. The topological polar surface area (TPSA) is 92.4 Å². The lowest BCUT2D eigenvalue weighted by atomic mass is 10.0. The zero-order valence-electron chi connectivity index (χ0n) is 10.0. The van der Waals surface area contributed by atoms with E-state index in [1.54, 1.807) is 18.2 Å². The first-order valence-electron chi connectivity index (χ1n) is 6.01. The van der Waals surface area contributed by atoms with Crippen molar-refractivity contribution >= 4 is 15.7 Å². The molecule has 0 bridgehead atoms. The summed E-state index contributed by atoms with van der Waals surface area (Å²) in [6.07, 6.45) is 2.94. The summed E-state index contributed by atoms with van der Waals surface area (Å²) >= 11 is 0. The van der Waals surface area contributed by atoms with Crippen LogP contribution in [0.25, 0.3) is 0 Å². The minimum absolute atomic E-state index is 0.105. The molecule has 0 amide bonds. The van der Waals surface area contributed by atoms with Gasteiger partial charge in [0.05, 0.1) is 5.69 Å². The minimum atomic E-state index is -3.72. The molecular formula is C12H18N2O3S. The molecule has 0 aliphatic heterocycles. The van der Waals surface area contributed by atoms with Crippen LogP contribution in [0, 0.1) is 5.92 Å². The average molecular weight is 270 g/mol. The zero-order valence-corrected chi connectivity index (χ0v) is 10.9. The van der Waals surface area contributed by atoms with Crippen molar-refractivity contribution in [3.8, 4) is 0 Å². The number of para-hydroxylation sites is 1. The quantitative estimate of drug-likeness (QED) is 0.758. The molecule has 100 valence electrons. The molecule has 4 N–H and O–H groups in total. The highest BCUT2D eigenvalue weighted by Crippen LogP contribution is 2.30. The van der Waals surface area contributed by atoms with Crippen molar-refractivity contribution in [1.82, 2.24) is 0 Å².